The van der Waals surface area contributed by atoms with Crippen LogP contribution in [-0.2, 0) is 34.7 Å². The molecule has 2 amide bonds. The summed E-state index contributed by atoms with van der Waals surface area (Å²) in [6.07, 6.45) is 7.08. The van der Waals surface area contributed by atoms with Crippen LogP contribution in [0.4, 0.5) is 5.69 Å². The quantitative estimate of drug-likeness (QED) is 0.191. The maximum absolute atomic E-state index is 14.6. The van der Waals surface area contributed by atoms with Crippen LogP contribution in [0.25, 0.3) is 11.4 Å². The molecule has 2 aliphatic heterocycles. The SMILES string of the molecule is COc1cccn(-c2cccc(CN3C(=O)[C@](O)([C@H](C)/C=C/CC(=O)N4Cc5ccccc5C[C@H]4CO)c4cc(-n5cccc(OC)c5=O)ccc43)c2)c1=O. The van der Waals surface area contributed by atoms with E-state index in [1.807, 2.05) is 30.3 Å². The van der Waals surface area contributed by atoms with Crippen LogP contribution < -0.4 is 25.5 Å². The number of ether oxygens (including phenoxy) is 2. The lowest BCUT2D eigenvalue weighted by Gasteiger charge is -2.36. The summed E-state index contributed by atoms with van der Waals surface area (Å²) in [5.41, 5.74) is 1.74. The first-order chi connectivity index (χ1) is 26.6. The summed E-state index contributed by atoms with van der Waals surface area (Å²) < 4.78 is 13.3. The number of amides is 2. The number of rotatable bonds is 11. The summed E-state index contributed by atoms with van der Waals surface area (Å²) in [7, 11) is 2.84. The van der Waals surface area contributed by atoms with E-state index in [2.05, 4.69) is 0 Å². The van der Waals surface area contributed by atoms with Crippen LogP contribution in [0.3, 0.4) is 0 Å². The van der Waals surface area contributed by atoms with Crippen LogP contribution >= 0.6 is 0 Å². The number of aromatic nitrogens is 2. The molecule has 0 unspecified atom stereocenters. The van der Waals surface area contributed by atoms with Crippen LogP contribution in [-0.4, -0.2) is 62.9 Å². The second kappa shape index (κ2) is 15.2. The van der Waals surface area contributed by atoms with Crippen molar-refractivity contribution < 1.29 is 29.3 Å². The third-order valence-electron chi connectivity index (χ3n) is 10.6. The Balaban J connectivity index is 1.21. The number of nitrogens with zero attached hydrogens (tertiary/aromatic N) is 4. The number of carbonyl (C=O) groups excluding carboxylic acids is 2. The van der Waals surface area contributed by atoms with E-state index in [0.717, 1.165) is 11.1 Å². The number of anilines is 1. The van der Waals surface area contributed by atoms with Crippen molar-refractivity contribution in [2.24, 2.45) is 5.92 Å². The molecule has 2 N–H and O–H groups in total. The molecule has 0 bridgehead atoms. The van der Waals surface area contributed by atoms with Crippen molar-refractivity contribution in [3.8, 4) is 22.9 Å². The third-order valence-corrected chi connectivity index (χ3v) is 10.6. The molecular formula is C43H42N4O8. The molecule has 5 aromatic rings. The van der Waals surface area contributed by atoms with E-state index >= 15 is 0 Å². The van der Waals surface area contributed by atoms with Crippen LogP contribution in [0, 0.1) is 5.92 Å². The highest BCUT2D eigenvalue weighted by Crippen LogP contribution is 2.46. The number of carbonyl (C=O) groups is 2. The molecule has 0 radical (unpaired) electrons. The number of methoxy groups -OCH3 is 2. The minimum absolute atomic E-state index is 0.000471. The van der Waals surface area contributed by atoms with E-state index in [4.69, 9.17) is 9.47 Å². The third kappa shape index (κ3) is 6.75. The molecular weight excluding hydrogens is 700 g/mol. The maximum atomic E-state index is 14.6. The normalized spacial score (nSPS) is 18.3. The maximum Gasteiger partial charge on any atom is 0.297 e. The summed E-state index contributed by atoms with van der Waals surface area (Å²) in [6, 6.07) is 26.2. The molecule has 0 aliphatic carbocycles. The van der Waals surface area contributed by atoms with E-state index < -0.39 is 23.0 Å². The lowest BCUT2D eigenvalue weighted by atomic mass is 9.82. The topological polar surface area (TPSA) is 144 Å². The van der Waals surface area contributed by atoms with Crippen molar-refractivity contribution in [3.63, 3.8) is 0 Å². The van der Waals surface area contributed by atoms with E-state index in [1.54, 1.807) is 97.0 Å². The van der Waals surface area contributed by atoms with Gasteiger partial charge in [0.1, 0.15) is 0 Å². The molecule has 3 aromatic carbocycles. The monoisotopic (exact) mass is 742 g/mol. The standard InChI is InChI=1S/C43H42N4O8/c1-28(10-6-17-39(49)46-26-31-13-5-4-12-30(31)23-34(46)27-48)43(53)35-24-33(45-21-9-16-38(55-3)41(45)51)18-19-36(35)47(42(43)52)25-29-11-7-14-32(22-29)44-20-8-15-37(54-2)40(44)50/h4-16,18-22,24,28,34,48,53H,17,23,25-27H2,1-3H3/b10-6+/t28-,34+,43+/m1/s1. The van der Waals surface area contributed by atoms with Gasteiger partial charge in [0.05, 0.1) is 39.1 Å². The minimum Gasteiger partial charge on any atom is -0.491 e. The van der Waals surface area contributed by atoms with Gasteiger partial charge < -0.3 is 29.5 Å². The van der Waals surface area contributed by atoms with Gasteiger partial charge in [-0.15, -0.1) is 0 Å². The minimum atomic E-state index is -2.08. The second-order valence-electron chi connectivity index (χ2n) is 13.8. The summed E-state index contributed by atoms with van der Waals surface area (Å²) in [5.74, 6) is -1.26. The summed E-state index contributed by atoms with van der Waals surface area (Å²) in [5, 5.41) is 22.7. The molecule has 0 saturated carbocycles. The fourth-order valence-electron chi connectivity index (χ4n) is 7.57. The molecule has 0 fully saturated rings. The highest BCUT2D eigenvalue weighted by atomic mass is 16.5. The van der Waals surface area contributed by atoms with Gasteiger partial charge >= 0.3 is 0 Å². The van der Waals surface area contributed by atoms with Gasteiger partial charge in [-0.05, 0) is 77.7 Å². The fraction of sp³-hybridized carbons (Fsp3) is 0.256. The Morgan fingerprint density at radius 2 is 1.51 bits per heavy atom. The average Bonchev–Trinajstić information content (AvgIpc) is 3.42. The molecule has 3 atom stereocenters. The number of hydrogen-bond acceptors (Lipinski definition) is 8. The molecule has 4 heterocycles. The van der Waals surface area contributed by atoms with Gasteiger partial charge in [0.25, 0.3) is 17.0 Å². The van der Waals surface area contributed by atoms with Crippen molar-refractivity contribution in [2.45, 2.75) is 44.5 Å². The zero-order valence-corrected chi connectivity index (χ0v) is 30.8. The zero-order valence-electron chi connectivity index (χ0n) is 30.8. The molecule has 12 heteroatoms. The number of pyridine rings is 2. The Morgan fingerprint density at radius 3 is 2.16 bits per heavy atom. The summed E-state index contributed by atoms with van der Waals surface area (Å²) in [4.78, 5) is 57.5. The van der Waals surface area contributed by atoms with Gasteiger partial charge in [0.2, 0.25) is 5.91 Å². The van der Waals surface area contributed by atoms with Crippen molar-refractivity contribution in [3.05, 3.63) is 159 Å². The Morgan fingerprint density at radius 1 is 0.855 bits per heavy atom. The van der Waals surface area contributed by atoms with Crippen LogP contribution in [0.15, 0.2) is 125 Å². The molecule has 2 aromatic heterocycles. The number of aliphatic hydroxyl groups is 2. The smallest absolute Gasteiger partial charge is 0.297 e. The van der Waals surface area contributed by atoms with Crippen LogP contribution in [0.2, 0.25) is 0 Å². The van der Waals surface area contributed by atoms with Crippen molar-refractivity contribution >= 4 is 17.5 Å². The zero-order chi connectivity index (χ0) is 38.9. The van der Waals surface area contributed by atoms with Gasteiger partial charge in [-0.3, -0.25) is 28.3 Å². The van der Waals surface area contributed by atoms with Gasteiger partial charge in [-0.1, -0.05) is 55.5 Å². The average molecular weight is 743 g/mol. The second-order valence-corrected chi connectivity index (χ2v) is 13.8. The molecule has 282 valence electrons. The van der Waals surface area contributed by atoms with E-state index in [1.165, 1.54) is 28.3 Å². The molecule has 12 nitrogen and oxygen atoms in total. The Hall–Kier alpha value is -6.24. The predicted molar refractivity (Wildman–Crippen MR) is 207 cm³/mol. The van der Waals surface area contributed by atoms with Crippen molar-refractivity contribution in [1.29, 1.82) is 0 Å². The van der Waals surface area contributed by atoms with E-state index in [-0.39, 0.29) is 48.6 Å². The lowest BCUT2D eigenvalue weighted by molar-refractivity contribution is -0.139. The van der Waals surface area contributed by atoms with Crippen molar-refractivity contribution in [2.75, 3.05) is 25.7 Å². The highest BCUT2D eigenvalue weighted by Gasteiger charge is 2.52. The first-order valence-electron chi connectivity index (χ1n) is 18.0. The van der Waals surface area contributed by atoms with Gasteiger partial charge in [0.15, 0.2) is 17.1 Å². The van der Waals surface area contributed by atoms with E-state index in [9.17, 15) is 29.4 Å². The van der Waals surface area contributed by atoms with E-state index in [0.29, 0.717) is 41.2 Å². The highest BCUT2D eigenvalue weighted by molar-refractivity contribution is 6.07. The first-order valence-corrected chi connectivity index (χ1v) is 18.0. The number of hydrogen-bond donors (Lipinski definition) is 2. The molecule has 55 heavy (non-hydrogen) atoms. The molecule has 2 aliphatic rings. The Bertz CT molecular complexity index is 2420. The predicted octanol–water partition coefficient (Wildman–Crippen LogP) is 4.27. The molecule has 0 spiro atoms. The summed E-state index contributed by atoms with van der Waals surface area (Å²) in [6.45, 7) is 1.99. The van der Waals surface area contributed by atoms with Gasteiger partial charge in [-0.25, -0.2) is 0 Å². The van der Waals surface area contributed by atoms with Crippen LogP contribution in [0.1, 0.15) is 35.6 Å². The number of aliphatic hydroxyl groups excluding tert-OH is 1. The lowest BCUT2D eigenvalue weighted by Crippen LogP contribution is -2.46. The number of fused-ring (bicyclic) bond motifs is 2. The number of benzene rings is 3. The van der Waals surface area contributed by atoms with Crippen molar-refractivity contribution in [1.82, 2.24) is 14.0 Å². The van der Waals surface area contributed by atoms with Crippen LogP contribution in [0.5, 0.6) is 11.5 Å². The molecule has 7 rings (SSSR count). The largest absolute Gasteiger partial charge is 0.491 e. The van der Waals surface area contributed by atoms with Gasteiger partial charge in [-0.2, -0.15) is 0 Å². The van der Waals surface area contributed by atoms with Gasteiger partial charge in [0, 0.05) is 48.2 Å². The molecule has 0 saturated heterocycles. The Labute approximate surface area is 317 Å². The Kier molecular flexibility index (Phi) is 10.3. The fourth-order valence-corrected chi connectivity index (χ4v) is 7.57. The first kappa shape index (κ1) is 37.1. The summed E-state index contributed by atoms with van der Waals surface area (Å²) >= 11 is 0.